The number of phosphoric ester groups is 2. The van der Waals surface area contributed by atoms with Gasteiger partial charge in [0.05, 0.1) is 26.4 Å². The van der Waals surface area contributed by atoms with E-state index < -0.39 is 97.5 Å². The predicted molar refractivity (Wildman–Crippen MR) is 363 cm³/mol. The van der Waals surface area contributed by atoms with Gasteiger partial charge in [0.1, 0.15) is 19.3 Å². The van der Waals surface area contributed by atoms with E-state index in [2.05, 4.69) is 55.4 Å². The number of hydrogen-bond donors (Lipinski definition) is 3. The molecule has 0 aromatic carbocycles. The summed E-state index contributed by atoms with van der Waals surface area (Å²) >= 11 is 0. The van der Waals surface area contributed by atoms with Crippen LogP contribution in [0.2, 0.25) is 0 Å². The molecule has 0 aliphatic heterocycles. The lowest BCUT2D eigenvalue weighted by Gasteiger charge is -2.21. The van der Waals surface area contributed by atoms with Crippen molar-refractivity contribution >= 4 is 39.5 Å². The van der Waals surface area contributed by atoms with Crippen LogP contribution in [0.4, 0.5) is 0 Å². The van der Waals surface area contributed by atoms with Gasteiger partial charge in [-0.15, -0.1) is 0 Å². The summed E-state index contributed by atoms with van der Waals surface area (Å²) in [6.07, 6.45) is 43.1. The highest BCUT2D eigenvalue weighted by Gasteiger charge is 2.30. The van der Waals surface area contributed by atoms with Crippen molar-refractivity contribution in [2.75, 3.05) is 39.6 Å². The summed E-state index contributed by atoms with van der Waals surface area (Å²) in [7, 11) is -9.90. The predicted octanol–water partition coefficient (Wildman–Crippen LogP) is 20.1. The molecule has 0 saturated carbocycles. The first-order valence-corrected chi connectivity index (χ1v) is 39.7. The number of carbonyl (C=O) groups excluding carboxylic acids is 4. The van der Waals surface area contributed by atoms with Gasteiger partial charge in [-0.3, -0.25) is 37.3 Å². The van der Waals surface area contributed by atoms with Crippen molar-refractivity contribution in [2.24, 2.45) is 23.7 Å². The smallest absolute Gasteiger partial charge is 0.462 e. The number of ether oxygens (including phenoxy) is 4. The van der Waals surface area contributed by atoms with Crippen LogP contribution in [0.15, 0.2) is 0 Å². The minimum absolute atomic E-state index is 0.104. The average molecular weight is 1330 g/mol. The molecular weight excluding hydrogens is 1190 g/mol. The molecule has 0 fully saturated rings. The maximum Gasteiger partial charge on any atom is 0.472 e. The number of aliphatic hydroxyl groups excluding tert-OH is 1. The molecule has 0 saturated heterocycles. The van der Waals surface area contributed by atoms with E-state index in [1.165, 1.54) is 148 Å². The standard InChI is InChI=1S/C71H138O17P2/c1-61(2)47-39-31-23-16-11-9-10-12-20-28-37-45-53-70(75)87-66(57-81-68(73)51-43-35-27-19-14-13-17-24-32-40-48-62(3)4)59-85-89(77,78)83-55-65(72)56-84-90(79,80)86-60-67(58-82-69(74)52-44-36-30-22-26-34-42-50-64(7)8)88-71(76)54-46-38-29-21-15-18-25-33-41-49-63(5)6/h61-67,72H,9-60H2,1-8H3,(H,77,78)(H,79,80)/t65?,66-,67-/m1/s1. The van der Waals surface area contributed by atoms with Crippen LogP contribution in [0.5, 0.6) is 0 Å². The summed E-state index contributed by atoms with van der Waals surface area (Å²) < 4.78 is 68.3. The van der Waals surface area contributed by atoms with Crippen molar-refractivity contribution in [3.63, 3.8) is 0 Å². The zero-order valence-corrected chi connectivity index (χ0v) is 60.6. The Hall–Kier alpha value is -1.94. The summed E-state index contributed by atoms with van der Waals surface area (Å²) in [5.74, 6) is 0.848. The fourth-order valence-corrected chi connectivity index (χ4v) is 12.2. The van der Waals surface area contributed by atoms with Crippen LogP contribution < -0.4 is 0 Å². The number of hydrogen-bond acceptors (Lipinski definition) is 15. The molecule has 90 heavy (non-hydrogen) atoms. The van der Waals surface area contributed by atoms with Crippen molar-refractivity contribution in [1.29, 1.82) is 0 Å². The Kier molecular flexibility index (Phi) is 59.4. The van der Waals surface area contributed by atoms with Gasteiger partial charge in [-0.1, -0.05) is 299 Å². The molecule has 0 aromatic rings. The molecule has 0 amide bonds. The third-order valence-electron chi connectivity index (χ3n) is 16.3. The molecular formula is C71H138O17P2. The van der Waals surface area contributed by atoms with E-state index in [9.17, 15) is 43.2 Å². The maximum atomic E-state index is 13.0. The number of aliphatic hydroxyl groups is 1. The first-order valence-electron chi connectivity index (χ1n) is 36.7. The largest absolute Gasteiger partial charge is 0.472 e. The fraction of sp³-hybridized carbons (Fsp3) is 0.944. The number of esters is 4. The quantitative estimate of drug-likeness (QED) is 0.0222. The van der Waals surface area contributed by atoms with E-state index in [0.29, 0.717) is 31.6 Å². The van der Waals surface area contributed by atoms with Crippen LogP contribution in [-0.2, 0) is 65.4 Å². The molecule has 0 heterocycles. The second-order valence-electron chi connectivity index (χ2n) is 27.5. The zero-order valence-electron chi connectivity index (χ0n) is 58.8. The van der Waals surface area contributed by atoms with E-state index in [-0.39, 0.29) is 25.7 Å². The van der Waals surface area contributed by atoms with Gasteiger partial charge in [-0.2, -0.15) is 0 Å². The summed E-state index contributed by atoms with van der Waals surface area (Å²) in [6.45, 7) is 14.1. The van der Waals surface area contributed by atoms with Gasteiger partial charge >= 0.3 is 39.5 Å². The van der Waals surface area contributed by atoms with Crippen LogP contribution in [0.3, 0.4) is 0 Å². The Morgan fingerprint density at radius 2 is 0.467 bits per heavy atom. The second kappa shape index (κ2) is 60.7. The van der Waals surface area contributed by atoms with Gasteiger partial charge in [0.2, 0.25) is 0 Å². The monoisotopic (exact) mass is 1320 g/mol. The lowest BCUT2D eigenvalue weighted by molar-refractivity contribution is -0.161. The van der Waals surface area contributed by atoms with E-state index in [1.807, 2.05) is 0 Å². The van der Waals surface area contributed by atoms with Gasteiger partial charge in [0.15, 0.2) is 12.2 Å². The fourth-order valence-electron chi connectivity index (χ4n) is 10.7. The Morgan fingerprint density at radius 3 is 0.689 bits per heavy atom. The minimum Gasteiger partial charge on any atom is -0.462 e. The molecule has 5 atom stereocenters. The Bertz CT molecular complexity index is 1780. The van der Waals surface area contributed by atoms with E-state index in [4.69, 9.17) is 37.0 Å². The second-order valence-corrected chi connectivity index (χ2v) is 30.4. The Balaban J connectivity index is 5.26. The SMILES string of the molecule is CC(C)CCCCCCCCCCCCCCC(=O)O[C@H](COC(=O)CCCCCCCCCCCCC(C)C)COP(=O)(O)OCC(O)COP(=O)(O)OC[C@@H](COC(=O)CCCCCCCCCC(C)C)OC(=O)CCCCCCCCCCCC(C)C. The molecule has 3 unspecified atom stereocenters. The van der Waals surface area contributed by atoms with Crippen LogP contribution in [0.1, 0.15) is 351 Å². The van der Waals surface area contributed by atoms with Crippen LogP contribution in [0, 0.1) is 23.7 Å². The average Bonchev–Trinajstić information content (AvgIpc) is 3.60. The minimum atomic E-state index is -4.95. The zero-order chi connectivity index (χ0) is 66.8. The first-order chi connectivity index (χ1) is 43.1. The van der Waals surface area contributed by atoms with Gasteiger partial charge in [0.25, 0.3) is 0 Å². The molecule has 17 nitrogen and oxygen atoms in total. The molecule has 0 bridgehead atoms. The first kappa shape index (κ1) is 88.1. The molecule has 0 spiro atoms. The third-order valence-corrected chi connectivity index (χ3v) is 18.2. The van der Waals surface area contributed by atoms with Gasteiger partial charge in [-0.25, -0.2) is 9.13 Å². The van der Waals surface area contributed by atoms with Crippen molar-refractivity contribution in [3.05, 3.63) is 0 Å². The summed E-state index contributed by atoms with van der Waals surface area (Å²) in [6, 6.07) is 0. The molecule has 534 valence electrons. The van der Waals surface area contributed by atoms with Crippen LogP contribution in [-0.4, -0.2) is 96.7 Å². The molecule has 0 rings (SSSR count). The number of phosphoric acid groups is 2. The summed E-state index contributed by atoms with van der Waals surface area (Å²) in [5.41, 5.74) is 0. The van der Waals surface area contributed by atoms with Crippen LogP contribution >= 0.6 is 15.6 Å². The molecule has 0 aliphatic rings. The van der Waals surface area contributed by atoms with Gasteiger partial charge in [-0.05, 0) is 49.4 Å². The van der Waals surface area contributed by atoms with E-state index in [0.717, 1.165) is 114 Å². The van der Waals surface area contributed by atoms with Crippen molar-refractivity contribution < 1.29 is 80.2 Å². The Morgan fingerprint density at radius 1 is 0.278 bits per heavy atom. The molecule has 0 aromatic heterocycles. The van der Waals surface area contributed by atoms with Gasteiger partial charge in [0, 0.05) is 25.7 Å². The van der Waals surface area contributed by atoms with Crippen LogP contribution in [0.25, 0.3) is 0 Å². The highest BCUT2D eigenvalue weighted by atomic mass is 31.2. The van der Waals surface area contributed by atoms with Crippen molar-refractivity contribution in [1.82, 2.24) is 0 Å². The molecule has 0 aliphatic carbocycles. The van der Waals surface area contributed by atoms with Crippen molar-refractivity contribution in [2.45, 2.75) is 369 Å². The normalized spacial score (nSPS) is 14.3. The molecule has 3 N–H and O–H groups in total. The molecule has 0 radical (unpaired) electrons. The maximum absolute atomic E-state index is 13.0. The number of rotatable bonds is 68. The van der Waals surface area contributed by atoms with Gasteiger partial charge < -0.3 is 33.8 Å². The van der Waals surface area contributed by atoms with E-state index in [1.54, 1.807) is 0 Å². The topological polar surface area (TPSA) is 237 Å². The van der Waals surface area contributed by atoms with Crippen molar-refractivity contribution in [3.8, 4) is 0 Å². The Labute approximate surface area is 549 Å². The summed E-state index contributed by atoms with van der Waals surface area (Å²) in [5, 5.41) is 10.6. The lowest BCUT2D eigenvalue weighted by Crippen LogP contribution is -2.30. The molecule has 19 heteroatoms. The number of unbranched alkanes of at least 4 members (excludes halogenated alkanes) is 34. The number of carbonyl (C=O) groups is 4. The lowest BCUT2D eigenvalue weighted by atomic mass is 10.0. The third kappa shape index (κ3) is 64.8. The van der Waals surface area contributed by atoms with E-state index >= 15 is 0 Å². The summed E-state index contributed by atoms with van der Waals surface area (Å²) in [4.78, 5) is 72.6. The highest BCUT2D eigenvalue weighted by Crippen LogP contribution is 2.45. The highest BCUT2D eigenvalue weighted by molar-refractivity contribution is 7.47.